The molecular formula is C29H28F3N5O. The van der Waals surface area contributed by atoms with Crippen LogP contribution in [0.15, 0.2) is 60.9 Å². The lowest BCUT2D eigenvalue weighted by molar-refractivity contribution is -0.137. The van der Waals surface area contributed by atoms with Crippen LogP contribution in [0, 0.1) is 0 Å². The van der Waals surface area contributed by atoms with Crippen molar-refractivity contribution in [3.05, 3.63) is 83.4 Å². The van der Waals surface area contributed by atoms with Gasteiger partial charge in [-0.15, -0.1) is 0 Å². The quantitative estimate of drug-likeness (QED) is 0.358. The molecule has 2 aliphatic heterocycles. The number of carbonyl (C=O) groups is 1. The van der Waals surface area contributed by atoms with E-state index < -0.39 is 11.7 Å². The number of rotatable bonds is 4. The fourth-order valence-electron chi connectivity index (χ4n) is 5.96. The molecule has 6 rings (SSSR count). The molecule has 0 aliphatic carbocycles. The number of hydrogen-bond acceptors (Lipinski definition) is 4. The van der Waals surface area contributed by atoms with Crippen LogP contribution in [0.4, 0.5) is 19.0 Å². The number of aromatic nitrogens is 3. The van der Waals surface area contributed by atoms with Gasteiger partial charge in [-0.2, -0.15) is 13.2 Å². The first kappa shape index (κ1) is 24.5. The van der Waals surface area contributed by atoms with Crippen LogP contribution in [0.25, 0.3) is 16.8 Å². The second-order valence-corrected chi connectivity index (χ2v) is 10.3. The summed E-state index contributed by atoms with van der Waals surface area (Å²) >= 11 is 0. The van der Waals surface area contributed by atoms with E-state index in [1.165, 1.54) is 12.1 Å². The first-order valence-corrected chi connectivity index (χ1v) is 12.9. The van der Waals surface area contributed by atoms with E-state index in [1.54, 1.807) is 12.3 Å². The Hall–Kier alpha value is -3.88. The molecule has 6 nitrogen and oxygen atoms in total. The van der Waals surface area contributed by atoms with Gasteiger partial charge in [0.05, 0.1) is 5.56 Å². The lowest BCUT2D eigenvalue weighted by atomic mass is 9.91. The lowest BCUT2D eigenvalue weighted by Gasteiger charge is -2.34. The Kier molecular flexibility index (Phi) is 5.89. The summed E-state index contributed by atoms with van der Waals surface area (Å²) < 4.78 is 41.6. The average molecular weight is 520 g/mol. The van der Waals surface area contributed by atoms with Crippen LogP contribution in [0.2, 0.25) is 0 Å². The molecule has 3 atom stereocenters. The molecule has 0 spiro atoms. The Bertz CT molecular complexity index is 1510. The number of nitrogens with zero attached hydrogens (tertiary/aromatic N) is 4. The molecule has 4 heterocycles. The summed E-state index contributed by atoms with van der Waals surface area (Å²) in [5.74, 6) is 1.32. The minimum Gasteiger partial charge on any atom is -0.382 e. The number of anilines is 1. The van der Waals surface area contributed by atoms with Crippen LogP contribution in [0.3, 0.4) is 0 Å². The number of nitrogen functional groups attached to an aromatic ring is 1. The Labute approximate surface area is 218 Å². The van der Waals surface area contributed by atoms with Crippen molar-refractivity contribution in [2.24, 2.45) is 0 Å². The third-order valence-corrected chi connectivity index (χ3v) is 8.09. The molecule has 38 heavy (non-hydrogen) atoms. The summed E-state index contributed by atoms with van der Waals surface area (Å²) in [6.07, 6.45) is 2.60. The highest BCUT2D eigenvalue weighted by Gasteiger charge is 2.38. The third-order valence-electron chi connectivity index (χ3n) is 8.09. The maximum absolute atomic E-state index is 13.2. The van der Waals surface area contributed by atoms with E-state index in [0.29, 0.717) is 36.1 Å². The molecule has 1 amide bonds. The minimum absolute atomic E-state index is 0.0940. The van der Waals surface area contributed by atoms with Crippen molar-refractivity contribution in [3.8, 4) is 11.3 Å². The molecule has 196 valence electrons. The van der Waals surface area contributed by atoms with Crippen molar-refractivity contribution in [1.29, 1.82) is 0 Å². The summed E-state index contributed by atoms with van der Waals surface area (Å²) in [7, 11) is 0. The standard InChI is InChI=1S/C29H28F3N5O/c1-17(20-3-2-4-22(15-20)29(30,31)32)18-5-7-19(8-6-18)25-26-27(33)34-13-14-36(26)28(35-25)21-9-10-23-11-12-24(38)37(23)16-21/h2-8,13-15,17,21,23H,9-12,16H2,1H3,(H2,33,34)/t17-,21+,23-/m0/s1. The number of nitrogens with two attached hydrogens (primary N) is 1. The zero-order valence-electron chi connectivity index (χ0n) is 20.9. The number of hydrogen-bond donors (Lipinski definition) is 1. The van der Waals surface area contributed by atoms with Crippen LogP contribution < -0.4 is 5.73 Å². The number of fused-ring (bicyclic) bond motifs is 2. The molecule has 0 unspecified atom stereocenters. The normalized spacial score (nSPS) is 20.6. The van der Waals surface area contributed by atoms with Gasteiger partial charge in [-0.1, -0.05) is 49.4 Å². The summed E-state index contributed by atoms with van der Waals surface area (Å²) in [6, 6.07) is 13.5. The molecule has 0 bridgehead atoms. The SMILES string of the molecule is C[C@@H](c1ccc(-c2nc([C@@H]3CC[C@H]4CCC(=O)N4C3)n3ccnc(N)c23)cc1)c1cccc(C(F)(F)F)c1. The number of carbonyl (C=O) groups excluding carboxylic acids is 1. The monoisotopic (exact) mass is 519 g/mol. The molecule has 2 fully saturated rings. The summed E-state index contributed by atoms with van der Waals surface area (Å²) in [5.41, 5.74) is 9.44. The van der Waals surface area contributed by atoms with Gasteiger partial charge in [-0.25, -0.2) is 9.97 Å². The Morgan fingerprint density at radius 3 is 2.61 bits per heavy atom. The van der Waals surface area contributed by atoms with Gasteiger partial charge in [-0.3, -0.25) is 9.20 Å². The van der Waals surface area contributed by atoms with Crippen molar-refractivity contribution in [2.75, 3.05) is 12.3 Å². The van der Waals surface area contributed by atoms with Gasteiger partial charge in [0, 0.05) is 48.8 Å². The average Bonchev–Trinajstić information content (AvgIpc) is 3.49. The Balaban J connectivity index is 1.33. The van der Waals surface area contributed by atoms with Gasteiger partial charge in [0.2, 0.25) is 5.91 Å². The van der Waals surface area contributed by atoms with Gasteiger partial charge in [0.15, 0.2) is 0 Å². The molecule has 2 aromatic carbocycles. The van der Waals surface area contributed by atoms with Gasteiger partial charge < -0.3 is 10.6 Å². The molecule has 2 N–H and O–H groups in total. The number of piperidine rings is 1. The number of amides is 1. The maximum Gasteiger partial charge on any atom is 0.416 e. The van der Waals surface area contributed by atoms with E-state index in [-0.39, 0.29) is 17.7 Å². The van der Waals surface area contributed by atoms with Crippen LogP contribution in [-0.4, -0.2) is 37.8 Å². The topological polar surface area (TPSA) is 76.5 Å². The van der Waals surface area contributed by atoms with E-state index >= 15 is 0 Å². The fraction of sp³-hybridized carbons (Fsp3) is 0.345. The van der Waals surface area contributed by atoms with Crippen molar-refractivity contribution in [3.63, 3.8) is 0 Å². The Morgan fingerprint density at radius 1 is 1.05 bits per heavy atom. The van der Waals surface area contributed by atoms with Gasteiger partial charge in [-0.05, 0) is 36.5 Å². The molecule has 0 radical (unpaired) electrons. The predicted molar refractivity (Wildman–Crippen MR) is 139 cm³/mol. The minimum atomic E-state index is -4.38. The number of benzene rings is 2. The molecule has 2 aliphatic rings. The Morgan fingerprint density at radius 2 is 1.84 bits per heavy atom. The molecule has 4 aromatic rings. The van der Waals surface area contributed by atoms with Gasteiger partial charge >= 0.3 is 6.18 Å². The van der Waals surface area contributed by atoms with E-state index in [9.17, 15) is 18.0 Å². The maximum atomic E-state index is 13.2. The molecule has 2 saturated heterocycles. The highest BCUT2D eigenvalue weighted by Crippen LogP contribution is 2.39. The fourth-order valence-corrected chi connectivity index (χ4v) is 5.96. The highest BCUT2D eigenvalue weighted by molar-refractivity contribution is 5.85. The summed E-state index contributed by atoms with van der Waals surface area (Å²) in [6.45, 7) is 2.55. The van der Waals surface area contributed by atoms with Crippen LogP contribution >= 0.6 is 0 Å². The number of halogens is 3. The van der Waals surface area contributed by atoms with Crippen molar-refractivity contribution in [2.45, 2.75) is 56.7 Å². The van der Waals surface area contributed by atoms with Gasteiger partial charge in [0.25, 0.3) is 0 Å². The highest BCUT2D eigenvalue weighted by atomic mass is 19.4. The zero-order valence-corrected chi connectivity index (χ0v) is 20.9. The van der Waals surface area contributed by atoms with Gasteiger partial charge in [0.1, 0.15) is 22.9 Å². The second kappa shape index (κ2) is 9.15. The van der Waals surface area contributed by atoms with E-state index in [1.807, 2.05) is 46.7 Å². The largest absolute Gasteiger partial charge is 0.416 e. The van der Waals surface area contributed by atoms with Crippen LogP contribution in [-0.2, 0) is 11.0 Å². The first-order chi connectivity index (χ1) is 18.2. The van der Waals surface area contributed by atoms with Crippen molar-refractivity contribution >= 4 is 17.2 Å². The smallest absolute Gasteiger partial charge is 0.382 e. The van der Waals surface area contributed by atoms with Crippen LogP contribution in [0.5, 0.6) is 0 Å². The number of imidazole rings is 1. The zero-order chi connectivity index (χ0) is 26.6. The summed E-state index contributed by atoms with van der Waals surface area (Å²) in [5, 5.41) is 0. The second-order valence-electron chi connectivity index (χ2n) is 10.3. The van der Waals surface area contributed by atoms with Crippen molar-refractivity contribution < 1.29 is 18.0 Å². The van der Waals surface area contributed by atoms with E-state index in [0.717, 1.165) is 47.8 Å². The van der Waals surface area contributed by atoms with Crippen LogP contribution in [0.1, 0.15) is 67.0 Å². The number of alkyl halides is 3. The van der Waals surface area contributed by atoms with E-state index in [4.69, 9.17) is 10.7 Å². The van der Waals surface area contributed by atoms with Crippen molar-refractivity contribution in [1.82, 2.24) is 19.3 Å². The molecular weight excluding hydrogens is 491 g/mol. The predicted octanol–water partition coefficient (Wildman–Crippen LogP) is 6.02. The lowest BCUT2D eigenvalue weighted by Crippen LogP contribution is -2.41. The third kappa shape index (κ3) is 4.19. The summed E-state index contributed by atoms with van der Waals surface area (Å²) in [4.78, 5) is 23.7. The first-order valence-electron chi connectivity index (χ1n) is 12.9. The molecule has 9 heteroatoms. The van der Waals surface area contributed by atoms with E-state index in [2.05, 4.69) is 4.98 Å². The molecule has 0 saturated carbocycles. The molecule has 2 aromatic heterocycles.